The molecule has 1 aromatic carbocycles. The molecule has 0 spiro atoms. The molecule has 3 nitrogen and oxygen atoms in total. The van der Waals surface area contributed by atoms with E-state index in [4.69, 9.17) is 9.84 Å². The van der Waals surface area contributed by atoms with Gasteiger partial charge >= 0.3 is 0 Å². The molecule has 0 amide bonds. The van der Waals surface area contributed by atoms with Crippen molar-refractivity contribution in [3.63, 3.8) is 0 Å². The van der Waals surface area contributed by atoms with Crippen molar-refractivity contribution in [2.45, 2.75) is 25.8 Å². The third-order valence-corrected chi connectivity index (χ3v) is 3.91. The Morgan fingerprint density at radius 3 is 3.17 bits per heavy atom. The number of hydrogen-bond donors (Lipinski definition) is 2. The maximum Gasteiger partial charge on any atom is 0.138 e. The smallest absolute Gasteiger partial charge is 0.138 e. The molecule has 2 atom stereocenters. The van der Waals surface area contributed by atoms with Crippen LogP contribution in [0.25, 0.3) is 0 Å². The Balaban J connectivity index is 2.14. The lowest BCUT2D eigenvalue weighted by molar-refractivity contribution is 0.229. The molecule has 0 saturated heterocycles. The van der Waals surface area contributed by atoms with Gasteiger partial charge in [0.2, 0.25) is 0 Å². The minimum Gasteiger partial charge on any atom is -0.492 e. The second kappa shape index (κ2) is 6.55. The van der Waals surface area contributed by atoms with E-state index in [1.165, 1.54) is 5.56 Å². The highest BCUT2D eigenvalue weighted by molar-refractivity contribution is 9.10. The Bertz CT molecular complexity index is 397. The first-order chi connectivity index (χ1) is 8.72. The number of nitrogens with one attached hydrogen (secondary N) is 1. The number of para-hydroxylation sites is 1. The number of ether oxygens (including phenoxy) is 1. The maximum atomic E-state index is 9.09. The number of benzene rings is 1. The van der Waals surface area contributed by atoms with Crippen LogP contribution in [-0.4, -0.2) is 24.9 Å². The number of aliphatic hydroxyl groups is 1. The Morgan fingerprint density at radius 2 is 2.39 bits per heavy atom. The highest BCUT2D eigenvalue weighted by Gasteiger charge is 2.21. The van der Waals surface area contributed by atoms with Gasteiger partial charge in [0.25, 0.3) is 0 Å². The third-order valence-electron chi connectivity index (χ3n) is 3.28. The van der Waals surface area contributed by atoms with Crippen LogP contribution < -0.4 is 10.1 Å². The van der Waals surface area contributed by atoms with Gasteiger partial charge in [0.1, 0.15) is 5.75 Å². The van der Waals surface area contributed by atoms with Gasteiger partial charge in [-0.2, -0.15) is 0 Å². The van der Waals surface area contributed by atoms with Gasteiger partial charge in [0.05, 0.1) is 11.1 Å². The molecule has 0 bridgehead atoms. The van der Waals surface area contributed by atoms with E-state index in [-0.39, 0.29) is 12.5 Å². The Labute approximate surface area is 117 Å². The van der Waals surface area contributed by atoms with E-state index < -0.39 is 0 Å². The Kier molecular flexibility index (Phi) is 5.03. The molecule has 1 aliphatic heterocycles. The summed E-state index contributed by atoms with van der Waals surface area (Å²) in [5.74, 6) is 1.24. The van der Waals surface area contributed by atoms with Crippen LogP contribution in [0.5, 0.6) is 5.75 Å². The van der Waals surface area contributed by atoms with Crippen LogP contribution in [-0.2, 0) is 0 Å². The van der Waals surface area contributed by atoms with Crippen LogP contribution in [0, 0.1) is 5.92 Å². The van der Waals surface area contributed by atoms with Gasteiger partial charge in [-0.3, -0.25) is 0 Å². The lowest BCUT2D eigenvalue weighted by Gasteiger charge is -2.20. The summed E-state index contributed by atoms with van der Waals surface area (Å²) < 4.78 is 6.82. The van der Waals surface area contributed by atoms with Crippen molar-refractivity contribution in [3.8, 4) is 5.75 Å². The molecule has 0 radical (unpaired) electrons. The van der Waals surface area contributed by atoms with Crippen molar-refractivity contribution in [2.75, 3.05) is 19.8 Å². The summed E-state index contributed by atoms with van der Waals surface area (Å²) in [4.78, 5) is 0. The van der Waals surface area contributed by atoms with Crippen molar-refractivity contribution in [1.82, 2.24) is 5.32 Å². The van der Waals surface area contributed by atoms with Crippen molar-refractivity contribution in [1.29, 1.82) is 0 Å². The molecule has 1 aromatic rings. The van der Waals surface area contributed by atoms with Crippen LogP contribution in [0.1, 0.15) is 31.4 Å². The number of halogens is 1. The van der Waals surface area contributed by atoms with Gasteiger partial charge in [-0.05, 0) is 40.8 Å². The minimum absolute atomic E-state index is 0.224. The summed E-state index contributed by atoms with van der Waals surface area (Å²) in [6, 6.07) is 6.49. The molecule has 0 fully saturated rings. The predicted molar refractivity (Wildman–Crippen MR) is 75.9 cm³/mol. The van der Waals surface area contributed by atoms with E-state index in [2.05, 4.69) is 27.3 Å². The number of fused-ring (bicyclic) bond motifs is 1. The molecule has 1 aliphatic rings. The SMILES string of the molecule is CC(CO)CNC1CCCOc2c(Br)cccc21. The van der Waals surface area contributed by atoms with Crippen molar-refractivity contribution in [3.05, 3.63) is 28.2 Å². The number of hydrogen-bond acceptors (Lipinski definition) is 3. The predicted octanol–water partition coefficient (Wildman–Crippen LogP) is 2.88. The lowest BCUT2D eigenvalue weighted by Crippen LogP contribution is -2.27. The average molecular weight is 314 g/mol. The summed E-state index contributed by atoms with van der Waals surface area (Å²) in [6.45, 7) is 3.86. The van der Waals surface area contributed by atoms with Crippen molar-refractivity contribution >= 4 is 15.9 Å². The molecule has 0 aliphatic carbocycles. The van der Waals surface area contributed by atoms with Crippen LogP contribution in [0.4, 0.5) is 0 Å². The summed E-state index contributed by atoms with van der Waals surface area (Å²) in [6.07, 6.45) is 2.12. The van der Waals surface area contributed by atoms with E-state index in [9.17, 15) is 0 Å². The molecule has 0 saturated carbocycles. The van der Waals surface area contributed by atoms with Gasteiger partial charge in [0.15, 0.2) is 0 Å². The largest absolute Gasteiger partial charge is 0.492 e. The number of rotatable bonds is 4. The quantitative estimate of drug-likeness (QED) is 0.898. The molecule has 2 unspecified atom stereocenters. The summed E-state index contributed by atoms with van der Waals surface area (Å²) in [7, 11) is 0. The van der Waals surface area contributed by atoms with E-state index >= 15 is 0 Å². The maximum absolute atomic E-state index is 9.09. The molecule has 0 aromatic heterocycles. The topological polar surface area (TPSA) is 41.5 Å². The molecular formula is C14H20BrNO2. The van der Waals surface area contributed by atoms with Crippen LogP contribution in [0.15, 0.2) is 22.7 Å². The standard InChI is InChI=1S/C14H20BrNO2/c1-10(9-17)8-16-13-6-3-7-18-14-11(13)4-2-5-12(14)15/h2,4-5,10,13,16-17H,3,6-9H2,1H3. The van der Waals surface area contributed by atoms with Crippen LogP contribution in [0.2, 0.25) is 0 Å². The fraction of sp³-hybridized carbons (Fsp3) is 0.571. The van der Waals surface area contributed by atoms with E-state index in [0.29, 0.717) is 6.04 Å². The average Bonchev–Trinajstić information content (AvgIpc) is 2.59. The van der Waals surface area contributed by atoms with Gasteiger partial charge in [-0.1, -0.05) is 19.1 Å². The fourth-order valence-electron chi connectivity index (χ4n) is 2.19. The molecule has 18 heavy (non-hydrogen) atoms. The highest BCUT2D eigenvalue weighted by Crippen LogP contribution is 2.37. The van der Waals surface area contributed by atoms with Gasteiger partial charge in [-0.15, -0.1) is 0 Å². The minimum atomic E-state index is 0.224. The van der Waals surface area contributed by atoms with Crippen molar-refractivity contribution in [2.24, 2.45) is 5.92 Å². The molecule has 2 rings (SSSR count). The molecule has 4 heteroatoms. The zero-order valence-corrected chi connectivity index (χ0v) is 12.2. The summed E-state index contributed by atoms with van der Waals surface area (Å²) >= 11 is 3.55. The monoisotopic (exact) mass is 313 g/mol. The van der Waals surface area contributed by atoms with E-state index in [1.807, 2.05) is 19.1 Å². The fourth-order valence-corrected chi connectivity index (χ4v) is 2.69. The summed E-state index contributed by atoms with van der Waals surface area (Å²) in [5, 5.41) is 12.6. The second-order valence-corrected chi connectivity index (χ2v) is 5.75. The summed E-state index contributed by atoms with van der Waals surface area (Å²) in [5.41, 5.74) is 1.21. The third kappa shape index (κ3) is 3.25. The number of aliphatic hydroxyl groups excluding tert-OH is 1. The first-order valence-corrected chi connectivity index (χ1v) is 7.27. The van der Waals surface area contributed by atoms with E-state index in [0.717, 1.165) is 36.2 Å². The van der Waals surface area contributed by atoms with Crippen molar-refractivity contribution < 1.29 is 9.84 Å². The van der Waals surface area contributed by atoms with Crippen LogP contribution in [0.3, 0.4) is 0 Å². The normalized spacial score (nSPS) is 20.7. The molecule has 100 valence electrons. The second-order valence-electron chi connectivity index (χ2n) is 4.90. The Hall–Kier alpha value is -0.580. The van der Waals surface area contributed by atoms with Gasteiger partial charge in [0, 0.05) is 24.8 Å². The Morgan fingerprint density at radius 1 is 1.56 bits per heavy atom. The highest BCUT2D eigenvalue weighted by atomic mass is 79.9. The van der Waals surface area contributed by atoms with Gasteiger partial charge < -0.3 is 15.2 Å². The zero-order chi connectivity index (χ0) is 13.0. The van der Waals surface area contributed by atoms with E-state index in [1.54, 1.807) is 0 Å². The lowest BCUT2D eigenvalue weighted by atomic mass is 10.0. The van der Waals surface area contributed by atoms with Crippen LogP contribution >= 0.6 is 15.9 Å². The zero-order valence-electron chi connectivity index (χ0n) is 10.7. The molecule has 2 N–H and O–H groups in total. The van der Waals surface area contributed by atoms with Gasteiger partial charge in [-0.25, -0.2) is 0 Å². The first kappa shape index (κ1) is 13.8. The first-order valence-electron chi connectivity index (χ1n) is 6.48. The molecular weight excluding hydrogens is 294 g/mol. The molecule has 1 heterocycles.